The van der Waals surface area contributed by atoms with Crippen molar-refractivity contribution in [3.05, 3.63) is 18.2 Å². The molecule has 1 aromatic carbocycles. The smallest absolute Gasteiger partial charge is 0.325 e. The monoisotopic (exact) mass is 239 g/mol. The number of methoxy groups -OCH3 is 2. The van der Waals surface area contributed by atoms with E-state index in [0.29, 0.717) is 23.8 Å². The number of rotatable bonds is 6. The summed E-state index contributed by atoms with van der Waals surface area (Å²) in [5, 5.41) is 2.94. The third kappa shape index (κ3) is 3.86. The number of ether oxygens (including phenoxy) is 3. The molecule has 0 bridgehead atoms. The molecule has 1 aromatic rings. The summed E-state index contributed by atoms with van der Waals surface area (Å²) in [5.41, 5.74) is 0.694. The third-order valence-electron chi connectivity index (χ3n) is 2.14. The lowest BCUT2D eigenvalue weighted by molar-refractivity contribution is -0.140. The normalized spacial score (nSPS) is 9.59. The Morgan fingerprint density at radius 2 is 2.06 bits per heavy atom. The fraction of sp³-hybridized carbons (Fsp3) is 0.417. The first-order chi connectivity index (χ1) is 8.21. The molecule has 0 saturated carbocycles. The van der Waals surface area contributed by atoms with Gasteiger partial charge in [0, 0.05) is 6.07 Å². The van der Waals surface area contributed by atoms with Gasteiger partial charge in [0.15, 0.2) is 0 Å². The minimum atomic E-state index is -0.308. The molecule has 0 saturated heterocycles. The zero-order valence-corrected chi connectivity index (χ0v) is 10.3. The van der Waals surface area contributed by atoms with Gasteiger partial charge in [-0.15, -0.1) is 0 Å². The maximum Gasteiger partial charge on any atom is 0.325 e. The third-order valence-corrected chi connectivity index (χ3v) is 2.14. The van der Waals surface area contributed by atoms with Gasteiger partial charge in [-0.3, -0.25) is 4.79 Å². The molecule has 1 rings (SSSR count). The van der Waals surface area contributed by atoms with E-state index >= 15 is 0 Å². The Hall–Kier alpha value is -1.91. The SMILES string of the molecule is CCOC(=O)CNc1cc(OC)ccc1OC. The van der Waals surface area contributed by atoms with Crippen LogP contribution >= 0.6 is 0 Å². The Morgan fingerprint density at radius 3 is 2.65 bits per heavy atom. The van der Waals surface area contributed by atoms with Gasteiger partial charge in [0.25, 0.3) is 0 Å². The first-order valence-corrected chi connectivity index (χ1v) is 5.32. The van der Waals surface area contributed by atoms with E-state index in [0.717, 1.165) is 0 Å². The van der Waals surface area contributed by atoms with Crippen molar-refractivity contribution < 1.29 is 19.0 Å². The maximum absolute atomic E-state index is 11.2. The van der Waals surface area contributed by atoms with Crippen molar-refractivity contribution in [1.29, 1.82) is 0 Å². The molecule has 0 fully saturated rings. The van der Waals surface area contributed by atoms with Crippen molar-refractivity contribution >= 4 is 11.7 Å². The number of carbonyl (C=O) groups is 1. The van der Waals surface area contributed by atoms with Crippen molar-refractivity contribution in [3.63, 3.8) is 0 Å². The van der Waals surface area contributed by atoms with E-state index < -0.39 is 0 Å². The van der Waals surface area contributed by atoms with Crippen LogP contribution in [0.15, 0.2) is 18.2 Å². The first-order valence-electron chi connectivity index (χ1n) is 5.32. The Labute approximate surface area is 101 Å². The molecule has 0 spiro atoms. The van der Waals surface area contributed by atoms with Crippen LogP contribution in [0.3, 0.4) is 0 Å². The fourth-order valence-corrected chi connectivity index (χ4v) is 1.33. The molecular formula is C12H17NO4. The highest BCUT2D eigenvalue weighted by Crippen LogP contribution is 2.28. The van der Waals surface area contributed by atoms with Crippen molar-refractivity contribution in [2.45, 2.75) is 6.92 Å². The van der Waals surface area contributed by atoms with E-state index in [9.17, 15) is 4.79 Å². The van der Waals surface area contributed by atoms with Crippen LogP contribution in [0.5, 0.6) is 11.5 Å². The van der Waals surface area contributed by atoms with E-state index in [-0.39, 0.29) is 12.5 Å². The minimum absolute atomic E-state index is 0.0946. The lowest BCUT2D eigenvalue weighted by Crippen LogP contribution is -2.17. The lowest BCUT2D eigenvalue weighted by Gasteiger charge is -2.12. The van der Waals surface area contributed by atoms with E-state index in [1.54, 1.807) is 39.3 Å². The van der Waals surface area contributed by atoms with Gasteiger partial charge in [0.2, 0.25) is 0 Å². The molecule has 5 heteroatoms. The van der Waals surface area contributed by atoms with Crippen LogP contribution < -0.4 is 14.8 Å². The molecule has 0 aliphatic carbocycles. The Balaban J connectivity index is 2.70. The molecule has 0 amide bonds. The molecule has 1 N–H and O–H groups in total. The molecule has 0 atom stereocenters. The van der Waals surface area contributed by atoms with Gasteiger partial charge in [0.1, 0.15) is 18.0 Å². The van der Waals surface area contributed by atoms with Crippen molar-refractivity contribution in [3.8, 4) is 11.5 Å². The van der Waals surface area contributed by atoms with E-state index in [4.69, 9.17) is 14.2 Å². The van der Waals surface area contributed by atoms with Crippen molar-refractivity contribution in [2.75, 3.05) is 32.7 Å². The average Bonchev–Trinajstić information content (AvgIpc) is 2.36. The molecule has 0 unspecified atom stereocenters. The van der Waals surface area contributed by atoms with Crippen LogP contribution in [-0.2, 0) is 9.53 Å². The van der Waals surface area contributed by atoms with Crippen LogP contribution in [0.1, 0.15) is 6.92 Å². The van der Waals surface area contributed by atoms with Gasteiger partial charge < -0.3 is 19.5 Å². The Bertz CT molecular complexity index is 379. The molecule has 0 aromatic heterocycles. The lowest BCUT2D eigenvalue weighted by atomic mass is 10.2. The molecule has 0 aliphatic heterocycles. The van der Waals surface area contributed by atoms with Crippen LogP contribution in [-0.4, -0.2) is 33.3 Å². The second-order valence-corrected chi connectivity index (χ2v) is 3.22. The molecule has 94 valence electrons. The van der Waals surface area contributed by atoms with E-state index in [1.807, 2.05) is 0 Å². The molecule has 17 heavy (non-hydrogen) atoms. The summed E-state index contributed by atoms with van der Waals surface area (Å²) in [5.74, 6) is 1.03. The molecule has 0 heterocycles. The summed E-state index contributed by atoms with van der Waals surface area (Å²) in [6.45, 7) is 2.23. The summed E-state index contributed by atoms with van der Waals surface area (Å²) in [6, 6.07) is 5.32. The van der Waals surface area contributed by atoms with E-state index in [2.05, 4.69) is 5.32 Å². The Kier molecular flexibility index (Phi) is 5.13. The maximum atomic E-state index is 11.2. The number of carbonyl (C=O) groups excluding carboxylic acids is 1. The van der Waals surface area contributed by atoms with Gasteiger partial charge in [-0.1, -0.05) is 0 Å². The van der Waals surface area contributed by atoms with Gasteiger partial charge in [0.05, 0.1) is 26.5 Å². The summed E-state index contributed by atoms with van der Waals surface area (Å²) in [4.78, 5) is 11.2. The van der Waals surface area contributed by atoms with Crippen molar-refractivity contribution in [2.24, 2.45) is 0 Å². The van der Waals surface area contributed by atoms with Gasteiger partial charge in [-0.25, -0.2) is 0 Å². The predicted molar refractivity (Wildman–Crippen MR) is 64.7 cm³/mol. The highest BCUT2D eigenvalue weighted by molar-refractivity contribution is 5.76. The largest absolute Gasteiger partial charge is 0.497 e. The van der Waals surface area contributed by atoms with Crippen LogP contribution in [0.4, 0.5) is 5.69 Å². The standard InChI is InChI=1S/C12H17NO4/c1-4-17-12(14)8-13-10-7-9(15-2)5-6-11(10)16-3/h5-7,13H,4,8H2,1-3H3. The highest BCUT2D eigenvalue weighted by Gasteiger charge is 2.07. The number of benzene rings is 1. The number of esters is 1. The van der Waals surface area contributed by atoms with Gasteiger partial charge in [-0.2, -0.15) is 0 Å². The highest BCUT2D eigenvalue weighted by atomic mass is 16.5. The summed E-state index contributed by atoms with van der Waals surface area (Å²) < 4.78 is 15.1. The summed E-state index contributed by atoms with van der Waals surface area (Å²) >= 11 is 0. The fourth-order valence-electron chi connectivity index (χ4n) is 1.33. The van der Waals surface area contributed by atoms with Crippen molar-refractivity contribution in [1.82, 2.24) is 0 Å². The second kappa shape index (κ2) is 6.62. The van der Waals surface area contributed by atoms with Gasteiger partial charge in [-0.05, 0) is 19.1 Å². The van der Waals surface area contributed by atoms with Crippen LogP contribution in [0, 0.1) is 0 Å². The second-order valence-electron chi connectivity index (χ2n) is 3.22. The van der Waals surface area contributed by atoms with E-state index in [1.165, 1.54) is 0 Å². The first kappa shape index (κ1) is 13.2. The summed E-state index contributed by atoms with van der Waals surface area (Å²) in [6.07, 6.45) is 0. The predicted octanol–water partition coefficient (Wildman–Crippen LogP) is 1.68. The number of anilines is 1. The number of hydrogen-bond donors (Lipinski definition) is 1. The zero-order valence-electron chi connectivity index (χ0n) is 10.3. The quantitative estimate of drug-likeness (QED) is 0.765. The summed E-state index contributed by atoms with van der Waals surface area (Å²) in [7, 11) is 3.15. The number of hydrogen-bond acceptors (Lipinski definition) is 5. The topological polar surface area (TPSA) is 56.8 Å². The molecule has 5 nitrogen and oxygen atoms in total. The average molecular weight is 239 g/mol. The molecule has 0 radical (unpaired) electrons. The molecular weight excluding hydrogens is 222 g/mol. The zero-order chi connectivity index (χ0) is 12.7. The molecule has 0 aliphatic rings. The number of nitrogens with one attached hydrogen (secondary N) is 1. The minimum Gasteiger partial charge on any atom is -0.497 e. The Morgan fingerprint density at radius 1 is 1.29 bits per heavy atom. The van der Waals surface area contributed by atoms with Crippen LogP contribution in [0.2, 0.25) is 0 Å². The van der Waals surface area contributed by atoms with Crippen LogP contribution in [0.25, 0.3) is 0 Å². The van der Waals surface area contributed by atoms with Gasteiger partial charge >= 0.3 is 5.97 Å².